The van der Waals surface area contributed by atoms with E-state index in [0.29, 0.717) is 5.13 Å². The number of nitrogens with one attached hydrogen (secondary N) is 1. The predicted molar refractivity (Wildman–Crippen MR) is 83.3 cm³/mol. The van der Waals surface area contributed by atoms with Gasteiger partial charge in [0.05, 0.1) is 5.69 Å². The van der Waals surface area contributed by atoms with Gasteiger partial charge in [-0.3, -0.25) is 10.1 Å². The number of hydrogen-bond donors (Lipinski definition) is 1. The van der Waals surface area contributed by atoms with Crippen LogP contribution in [-0.2, 0) is 4.79 Å². The molecule has 0 fully saturated rings. The third kappa shape index (κ3) is 4.01. The Kier molecular flexibility index (Phi) is 4.50. The predicted octanol–water partition coefficient (Wildman–Crippen LogP) is 4.48. The first-order valence-electron chi connectivity index (χ1n) is 5.72. The Morgan fingerprint density at radius 2 is 2.21 bits per heavy atom. The highest BCUT2D eigenvalue weighted by atomic mass is 79.9. The average molecular weight is 337 g/mol. The lowest BCUT2D eigenvalue weighted by molar-refractivity contribution is -0.111. The lowest BCUT2D eigenvalue weighted by Crippen LogP contribution is -2.07. The highest BCUT2D eigenvalue weighted by molar-refractivity contribution is 9.10. The van der Waals surface area contributed by atoms with Crippen molar-refractivity contribution >= 4 is 38.3 Å². The number of rotatable bonds is 3. The number of anilines is 1. The molecule has 0 aliphatic rings. The Morgan fingerprint density at radius 3 is 2.89 bits per heavy atom. The van der Waals surface area contributed by atoms with Gasteiger partial charge in [-0.2, -0.15) is 0 Å². The smallest absolute Gasteiger partial charge is 0.250 e. The van der Waals surface area contributed by atoms with Crippen molar-refractivity contribution in [1.29, 1.82) is 0 Å². The van der Waals surface area contributed by atoms with Gasteiger partial charge < -0.3 is 0 Å². The van der Waals surface area contributed by atoms with Crippen LogP contribution >= 0.6 is 27.3 Å². The van der Waals surface area contributed by atoms with Crippen LogP contribution in [0.1, 0.15) is 13.8 Å². The van der Waals surface area contributed by atoms with E-state index in [9.17, 15) is 4.79 Å². The number of hydrogen-bond acceptors (Lipinski definition) is 3. The minimum atomic E-state index is -0.143. The quantitative estimate of drug-likeness (QED) is 0.839. The van der Waals surface area contributed by atoms with Gasteiger partial charge in [0.15, 0.2) is 5.13 Å². The van der Waals surface area contributed by atoms with Crippen molar-refractivity contribution < 1.29 is 4.79 Å². The number of allylic oxidation sites excluding steroid dienone is 1. The highest BCUT2D eigenvalue weighted by Gasteiger charge is 2.06. The molecule has 0 unspecified atom stereocenters. The summed E-state index contributed by atoms with van der Waals surface area (Å²) in [7, 11) is 0. The number of aromatic nitrogens is 1. The summed E-state index contributed by atoms with van der Waals surface area (Å²) in [6.07, 6.45) is 1.56. The van der Waals surface area contributed by atoms with Crippen molar-refractivity contribution in [1.82, 2.24) is 4.98 Å². The van der Waals surface area contributed by atoms with Crippen molar-refractivity contribution in [2.75, 3.05) is 5.32 Å². The number of thiazole rings is 1. The molecule has 1 N–H and O–H groups in total. The van der Waals surface area contributed by atoms with E-state index >= 15 is 0 Å². The van der Waals surface area contributed by atoms with Gasteiger partial charge in [0.1, 0.15) is 0 Å². The summed E-state index contributed by atoms with van der Waals surface area (Å²) >= 11 is 4.85. The van der Waals surface area contributed by atoms with Crippen molar-refractivity contribution in [3.8, 4) is 11.3 Å². The molecule has 2 rings (SSSR count). The van der Waals surface area contributed by atoms with Crippen molar-refractivity contribution in [3.05, 3.63) is 45.8 Å². The first-order chi connectivity index (χ1) is 9.04. The van der Waals surface area contributed by atoms with E-state index in [4.69, 9.17) is 0 Å². The summed E-state index contributed by atoms with van der Waals surface area (Å²) in [6, 6.07) is 7.91. The third-order valence-electron chi connectivity index (χ3n) is 2.27. The molecule has 2 aromatic rings. The van der Waals surface area contributed by atoms with E-state index < -0.39 is 0 Å². The lowest BCUT2D eigenvalue weighted by Gasteiger charge is -1.98. The zero-order valence-corrected chi connectivity index (χ0v) is 13.0. The van der Waals surface area contributed by atoms with E-state index in [2.05, 4.69) is 26.2 Å². The van der Waals surface area contributed by atoms with Crippen LogP contribution in [0.3, 0.4) is 0 Å². The molecule has 98 valence electrons. The second-order valence-corrected chi connectivity index (χ2v) is 6.03. The maximum atomic E-state index is 11.6. The normalized spacial score (nSPS) is 10.1. The van der Waals surface area contributed by atoms with Crippen LogP contribution in [0.15, 0.2) is 45.8 Å². The van der Waals surface area contributed by atoms with Crippen LogP contribution in [0.2, 0.25) is 0 Å². The molecule has 0 bridgehead atoms. The molecule has 0 saturated carbocycles. The van der Waals surface area contributed by atoms with Crippen LogP contribution in [-0.4, -0.2) is 10.9 Å². The summed E-state index contributed by atoms with van der Waals surface area (Å²) in [5, 5.41) is 5.30. The molecule has 0 spiro atoms. The number of nitrogens with zero attached hydrogens (tertiary/aromatic N) is 1. The molecule has 0 aliphatic carbocycles. The molecular weight excluding hydrogens is 324 g/mol. The minimum absolute atomic E-state index is 0.143. The van der Waals surface area contributed by atoms with Gasteiger partial charge in [-0.25, -0.2) is 4.98 Å². The SMILES string of the molecule is CC(C)=CC(=O)Nc1nc(-c2cccc(Br)c2)cs1. The molecule has 0 atom stereocenters. The van der Waals surface area contributed by atoms with Gasteiger partial charge in [0, 0.05) is 21.5 Å². The summed E-state index contributed by atoms with van der Waals surface area (Å²) < 4.78 is 1.01. The molecule has 3 nitrogen and oxygen atoms in total. The molecule has 5 heteroatoms. The topological polar surface area (TPSA) is 42.0 Å². The molecule has 0 radical (unpaired) electrons. The first kappa shape index (κ1) is 14.0. The Bertz CT molecular complexity index is 630. The molecule has 19 heavy (non-hydrogen) atoms. The molecule has 1 aromatic carbocycles. The van der Waals surface area contributed by atoms with Crippen molar-refractivity contribution in [3.63, 3.8) is 0 Å². The Labute approximate surface area is 124 Å². The first-order valence-corrected chi connectivity index (χ1v) is 7.39. The highest BCUT2D eigenvalue weighted by Crippen LogP contribution is 2.26. The van der Waals surface area contributed by atoms with Gasteiger partial charge in [-0.05, 0) is 26.0 Å². The lowest BCUT2D eigenvalue weighted by atomic mass is 10.2. The number of carbonyl (C=O) groups is 1. The number of halogens is 1. The van der Waals surface area contributed by atoms with Crippen LogP contribution in [0, 0.1) is 0 Å². The van der Waals surface area contributed by atoms with Gasteiger partial charge in [0.2, 0.25) is 5.91 Å². The van der Waals surface area contributed by atoms with Crippen LogP contribution in [0.5, 0.6) is 0 Å². The Balaban J connectivity index is 2.16. The molecule has 0 aliphatic heterocycles. The second kappa shape index (κ2) is 6.12. The van der Waals surface area contributed by atoms with E-state index in [1.165, 1.54) is 11.3 Å². The van der Waals surface area contributed by atoms with E-state index in [-0.39, 0.29) is 5.91 Å². The minimum Gasteiger partial charge on any atom is -0.298 e. The molecule has 1 amide bonds. The Hall–Kier alpha value is -1.46. The number of carbonyl (C=O) groups excluding carboxylic acids is 1. The maximum Gasteiger partial charge on any atom is 0.250 e. The van der Waals surface area contributed by atoms with Gasteiger partial charge >= 0.3 is 0 Å². The third-order valence-corrected chi connectivity index (χ3v) is 3.53. The summed E-state index contributed by atoms with van der Waals surface area (Å²) in [5.41, 5.74) is 2.84. The molecule has 1 heterocycles. The fraction of sp³-hybridized carbons (Fsp3) is 0.143. The van der Waals surface area contributed by atoms with Crippen molar-refractivity contribution in [2.24, 2.45) is 0 Å². The zero-order chi connectivity index (χ0) is 13.8. The Morgan fingerprint density at radius 1 is 1.42 bits per heavy atom. The van der Waals surface area contributed by atoms with E-state index in [1.807, 2.05) is 43.5 Å². The van der Waals surface area contributed by atoms with E-state index in [0.717, 1.165) is 21.3 Å². The fourth-order valence-electron chi connectivity index (χ4n) is 1.52. The molecular formula is C14H13BrN2OS. The molecule has 0 saturated heterocycles. The average Bonchev–Trinajstić information content (AvgIpc) is 2.76. The van der Waals surface area contributed by atoms with Gasteiger partial charge in [-0.15, -0.1) is 11.3 Å². The number of benzene rings is 1. The summed E-state index contributed by atoms with van der Waals surface area (Å²) in [6.45, 7) is 3.77. The standard InChI is InChI=1S/C14H13BrN2OS/c1-9(2)6-13(18)17-14-16-12(8-19-14)10-4-3-5-11(15)7-10/h3-8H,1-2H3,(H,16,17,18). The van der Waals surface area contributed by atoms with Crippen molar-refractivity contribution in [2.45, 2.75) is 13.8 Å². The van der Waals surface area contributed by atoms with Crippen LogP contribution in [0.25, 0.3) is 11.3 Å². The van der Waals surface area contributed by atoms with Gasteiger partial charge in [-0.1, -0.05) is 33.6 Å². The summed E-state index contributed by atoms with van der Waals surface area (Å²) in [4.78, 5) is 16.0. The summed E-state index contributed by atoms with van der Waals surface area (Å²) in [5.74, 6) is -0.143. The largest absolute Gasteiger partial charge is 0.298 e. The van der Waals surface area contributed by atoms with E-state index in [1.54, 1.807) is 6.08 Å². The van der Waals surface area contributed by atoms with Gasteiger partial charge in [0.25, 0.3) is 0 Å². The number of amides is 1. The fourth-order valence-corrected chi connectivity index (χ4v) is 2.64. The van der Waals surface area contributed by atoms with Crippen LogP contribution in [0.4, 0.5) is 5.13 Å². The molecule has 1 aromatic heterocycles. The second-order valence-electron chi connectivity index (χ2n) is 4.26. The van der Waals surface area contributed by atoms with Crippen LogP contribution < -0.4 is 5.32 Å². The zero-order valence-electron chi connectivity index (χ0n) is 10.6. The monoisotopic (exact) mass is 336 g/mol. The maximum absolute atomic E-state index is 11.6.